The van der Waals surface area contributed by atoms with Crippen LogP contribution in [0.5, 0.6) is 0 Å². The predicted octanol–water partition coefficient (Wildman–Crippen LogP) is 3.24. The molecule has 0 aromatic heterocycles. The fourth-order valence-electron chi connectivity index (χ4n) is 3.21. The van der Waals surface area contributed by atoms with Crippen LogP contribution in [-0.2, 0) is 14.8 Å². The molecule has 2 aromatic rings. The van der Waals surface area contributed by atoms with Crippen molar-refractivity contribution >= 4 is 50.5 Å². The second-order valence-electron chi connectivity index (χ2n) is 6.98. The average Bonchev–Trinajstić information content (AvgIpc) is 2.75. The highest BCUT2D eigenvalue weighted by Crippen LogP contribution is 2.27. The zero-order valence-corrected chi connectivity index (χ0v) is 18.8. The normalized spacial score (nSPS) is 16.6. The maximum absolute atomic E-state index is 12.8. The van der Waals surface area contributed by atoms with Crippen LogP contribution in [0.4, 0.5) is 11.4 Å². The van der Waals surface area contributed by atoms with Gasteiger partial charge in [0.1, 0.15) is 0 Å². The van der Waals surface area contributed by atoms with Gasteiger partial charge in [-0.15, -0.1) is 0 Å². The number of carbonyl (C=O) groups is 1. The molecule has 166 valence electrons. The van der Waals surface area contributed by atoms with Crippen molar-refractivity contribution < 1.29 is 18.1 Å². The number of nitrogens with zero attached hydrogens (tertiary/aromatic N) is 3. The second-order valence-corrected chi connectivity index (χ2v) is 9.76. The van der Waals surface area contributed by atoms with E-state index in [-0.39, 0.29) is 34.4 Å². The fraction of sp³-hybridized carbons (Fsp3) is 0.316. The second kappa shape index (κ2) is 9.49. The van der Waals surface area contributed by atoms with Crippen molar-refractivity contribution in [1.82, 2.24) is 9.21 Å². The molecule has 31 heavy (non-hydrogen) atoms. The molecular weight excluding hydrogens is 467 g/mol. The van der Waals surface area contributed by atoms with Crippen LogP contribution in [0.25, 0.3) is 0 Å². The minimum absolute atomic E-state index is 0.150. The molecule has 0 unspecified atom stereocenters. The van der Waals surface area contributed by atoms with E-state index in [1.807, 2.05) is 4.90 Å². The van der Waals surface area contributed by atoms with E-state index >= 15 is 0 Å². The van der Waals surface area contributed by atoms with Crippen LogP contribution in [0.3, 0.4) is 0 Å². The molecule has 0 radical (unpaired) electrons. The average molecular weight is 487 g/mol. The maximum atomic E-state index is 12.8. The number of anilines is 1. The van der Waals surface area contributed by atoms with Gasteiger partial charge >= 0.3 is 0 Å². The molecule has 2 aromatic carbocycles. The highest BCUT2D eigenvalue weighted by atomic mass is 35.5. The number of piperazine rings is 1. The molecule has 1 amide bonds. The van der Waals surface area contributed by atoms with Gasteiger partial charge in [0.15, 0.2) is 0 Å². The Balaban J connectivity index is 1.63. The van der Waals surface area contributed by atoms with E-state index in [1.165, 1.54) is 46.8 Å². The summed E-state index contributed by atoms with van der Waals surface area (Å²) in [5, 5.41) is 14.2. The van der Waals surface area contributed by atoms with Gasteiger partial charge in [0.05, 0.1) is 26.6 Å². The minimum atomic E-state index is -3.65. The summed E-state index contributed by atoms with van der Waals surface area (Å²) in [4.78, 5) is 25.0. The Kier molecular flexibility index (Phi) is 7.17. The number of nitro groups is 1. The SMILES string of the molecule is C[C@@H](C(=O)Nc1cc([N+](=O)[O-])ccc1Cl)N1CCN(S(=O)(=O)c2ccc(Cl)cc2)CC1. The molecule has 0 spiro atoms. The molecule has 1 aliphatic heterocycles. The van der Waals surface area contributed by atoms with Gasteiger partial charge in [0, 0.05) is 43.3 Å². The molecule has 1 heterocycles. The number of hydrogen-bond donors (Lipinski definition) is 1. The predicted molar refractivity (Wildman–Crippen MR) is 118 cm³/mol. The van der Waals surface area contributed by atoms with Crippen molar-refractivity contribution in [1.29, 1.82) is 0 Å². The molecule has 0 bridgehead atoms. The number of sulfonamides is 1. The zero-order chi connectivity index (χ0) is 22.8. The van der Waals surface area contributed by atoms with Crippen LogP contribution in [0.1, 0.15) is 6.92 Å². The molecule has 0 saturated carbocycles. The van der Waals surface area contributed by atoms with E-state index in [1.54, 1.807) is 6.92 Å². The first-order chi connectivity index (χ1) is 14.6. The molecule has 1 aliphatic rings. The van der Waals surface area contributed by atoms with E-state index in [9.17, 15) is 23.3 Å². The lowest BCUT2D eigenvalue weighted by atomic mass is 10.2. The number of amides is 1. The Bertz CT molecular complexity index is 1090. The number of carbonyl (C=O) groups excluding carboxylic acids is 1. The smallest absolute Gasteiger partial charge is 0.271 e. The molecule has 3 rings (SSSR count). The molecule has 1 fully saturated rings. The van der Waals surface area contributed by atoms with Crippen molar-refractivity contribution in [3.8, 4) is 0 Å². The quantitative estimate of drug-likeness (QED) is 0.495. The highest BCUT2D eigenvalue weighted by molar-refractivity contribution is 7.89. The summed E-state index contributed by atoms with van der Waals surface area (Å²) in [7, 11) is -3.65. The first kappa shape index (κ1) is 23.4. The third kappa shape index (κ3) is 5.34. The third-order valence-electron chi connectivity index (χ3n) is 5.07. The van der Waals surface area contributed by atoms with E-state index in [4.69, 9.17) is 23.2 Å². The van der Waals surface area contributed by atoms with Crippen LogP contribution in [0.15, 0.2) is 47.4 Å². The molecule has 1 saturated heterocycles. The summed E-state index contributed by atoms with van der Waals surface area (Å²) in [6.45, 7) is 2.83. The zero-order valence-electron chi connectivity index (χ0n) is 16.5. The van der Waals surface area contributed by atoms with Gasteiger partial charge < -0.3 is 5.32 Å². The fourth-order valence-corrected chi connectivity index (χ4v) is 4.93. The van der Waals surface area contributed by atoms with Crippen molar-refractivity contribution in [2.75, 3.05) is 31.5 Å². The number of nitrogens with one attached hydrogen (secondary N) is 1. The summed E-state index contributed by atoms with van der Waals surface area (Å²) in [6.07, 6.45) is 0. The molecule has 1 N–H and O–H groups in total. The first-order valence-corrected chi connectivity index (χ1v) is 11.5. The standard InChI is InChI=1S/C19H20Cl2N4O5S/c1-13(19(26)22-18-12-15(25(27)28)4-7-17(18)21)23-8-10-24(11-9-23)31(29,30)16-5-2-14(20)3-6-16/h2-7,12-13H,8-11H2,1H3,(H,22,26)/t13-/m0/s1. The van der Waals surface area contributed by atoms with Gasteiger partial charge in [0.2, 0.25) is 15.9 Å². The number of rotatable bonds is 6. The van der Waals surface area contributed by atoms with E-state index < -0.39 is 26.9 Å². The van der Waals surface area contributed by atoms with Crippen molar-refractivity contribution in [2.45, 2.75) is 17.9 Å². The van der Waals surface area contributed by atoms with Crippen molar-refractivity contribution in [3.05, 3.63) is 62.6 Å². The van der Waals surface area contributed by atoms with E-state index in [0.29, 0.717) is 18.1 Å². The Labute approximate surface area is 189 Å². The van der Waals surface area contributed by atoms with Crippen molar-refractivity contribution in [2.24, 2.45) is 0 Å². The van der Waals surface area contributed by atoms with Crippen LogP contribution >= 0.6 is 23.2 Å². The van der Waals surface area contributed by atoms with Gasteiger partial charge in [-0.1, -0.05) is 23.2 Å². The van der Waals surface area contributed by atoms with Gasteiger partial charge in [0.25, 0.3) is 5.69 Å². The number of benzene rings is 2. The topological polar surface area (TPSA) is 113 Å². The van der Waals surface area contributed by atoms with E-state index in [2.05, 4.69) is 5.32 Å². The summed E-state index contributed by atoms with van der Waals surface area (Å²) < 4.78 is 26.9. The molecular formula is C19H20Cl2N4O5S. The van der Waals surface area contributed by atoms with Gasteiger partial charge in [-0.25, -0.2) is 8.42 Å². The van der Waals surface area contributed by atoms with Gasteiger partial charge in [-0.3, -0.25) is 19.8 Å². The number of nitro benzene ring substituents is 1. The van der Waals surface area contributed by atoms with Gasteiger partial charge in [-0.2, -0.15) is 4.31 Å². The lowest BCUT2D eigenvalue weighted by Crippen LogP contribution is -2.53. The molecule has 12 heteroatoms. The monoisotopic (exact) mass is 486 g/mol. The lowest BCUT2D eigenvalue weighted by Gasteiger charge is -2.36. The van der Waals surface area contributed by atoms with Crippen LogP contribution in [0.2, 0.25) is 10.0 Å². The number of non-ortho nitro benzene ring substituents is 1. The molecule has 1 atom stereocenters. The summed E-state index contributed by atoms with van der Waals surface area (Å²) in [5.74, 6) is -0.392. The Morgan fingerprint density at radius 1 is 1.10 bits per heavy atom. The third-order valence-corrected chi connectivity index (χ3v) is 7.56. The lowest BCUT2D eigenvalue weighted by molar-refractivity contribution is -0.384. The van der Waals surface area contributed by atoms with Gasteiger partial charge in [-0.05, 0) is 37.3 Å². The Morgan fingerprint density at radius 2 is 1.71 bits per heavy atom. The minimum Gasteiger partial charge on any atom is -0.323 e. The van der Waals surface area contributed by atoms with Crippen molar-refractivity contribution in [3.63, 3.8) is 0 Å². The Hall–Kier alpha value is -2.24. The molecule has 9 nitrogen and oxygen atoms in total. The number of hydrogen-bond acceptors (Lipinski definition) is 6. The summed E-state index contributed by atoms with van der Waals surface area (Å²) >= 11 is 11.9. The van der Waals surface area contributed by atoms with Crippen LogP contribution < -0.4 is 5.32 Å². The molecule has 0 aliphatic carbocycles. The first-order valence-electron chi connectivity index (χ1n) is 9.34. The highest BCUT2D eigenvalue weighted by Gasteiger charge is 2.32. The summed E-state index contributed by atoms with van der Waals surface area (Å²) in [6, 6.07) is 9.18. The van der Waals surface area contributed by atoms with E-state index in [0.717, 1.165) is 0 Å². The van der Waals surface area contributed by atoms with Crippen LogP contribution in [-0.4, -0.2) is 60.7 Å². The number of halogens is 2. The maximum Gasteiger partial charge on any atom is 0.271 e. The largest absolute Gasteiger partial charge is 0.323 e. The summed E-state index contributed by atoms with van der Waals surface area (Å²) in [5.41, 5.74) is -0.0370. The Morgan fingerprint density at radius 3 is 2.29 bits per heavy atom. The van der Waals surface area contributed by atoms with Crippen LogP contribution in [0, 0.1) is 10.1 Å².